The van der Waals surface area contributed by atoms with E-state index in [1.54, 1.807) is 38.1 Å². The minimum atomic E-state index is -0.999. The number of rotatable bonds is 10. The molecule has 2 amide bonds. The average Bonchev–Trinajstić information content (AvgIpc) is 2.89. The average molecular weight is 473 g/mol. The lowest BCUT2D eigenvalue weighted by Gasteiger charge is -2.34. The first kappa shape index (κ1) is 25.7. The van der Waals surface area contributed by atoms with Gasteiger partial charge in [0.25, 0.3) is 5.91 Å². The maximum Gasteiger partial charge on any atom is 0.313 e. The van der Waals surface area contributed by atoms with Gasteiger partial charge in [0.1, 0.15) is 6.04 Å². The summed E-state index contributed by atoms with van der Waals surface area (Å²) in [6.07, 6.45) is 0.737. The van der Waals surface area contributed by atoms with Gasteiger partial charge in [-0.25, -0.2) is 0 Å². The third-order valence-corrected chi connectivity index (χ3v) is 6.12. The van der Waals surface area contributed by atoms with Crippen molar-refractivity contribution in [2.45, 2.75) is 38.8 Å². The first-order valence-corrected chi connectivity index (χ1v) is 11.6. The number of carbonyl (C=O) groups excluding carboxylic acids is 3. The van der Waals surface area contributed by atoms with Crippen LogP contribution in [0.4, 0.5) is 0 Å². The van der Waals surface area contributed by atoms with Crippen molar-refractivity contribution < 1.29 is 19.1 Å². The molecule has 182 valence electrons. The number of nitrogens with one attached hydrogen (secondary N) is 2. The van der Waals surface area contributed by atoms with E-state index < -0.39 is 23.5 Å². The Morgan fingerprint density at radius 3 is 1.74 bits per heavy atom. The van der Waals surface area contributed by atoms with Gasteiger partial charge in [-0.05, 0) is 43.5 Å². The Bertz CT molecular complexity index is 1120. The second-order valence-corrected chi connectivity index (χ2v) is 9.05. The van der Waals surface area contributed by atoms with Gasteiger partial charge in [0.15, 0.2) is 0 Å². The van der Waals surface area contributed by atoms with Crippen LogP contribution in [-0.2, 0) is 27.2 Å². The molecule has 2 N–H and O–H groups in total. The van der Waals surface area contributed by atoms with Crippen molar-refractivity contribution in [3.05, 3.63) is 108 Å². The summed E-state index contributed by atoms with van der Waals surface area (Å²) in [6, 6.07) is 26.5. The van der Waals surface area contributed by atoms with Crippen molar-refractivity contribution in [1.82, 2.24) is 10.6 Å². The summed E-state index contributed by atoms with van der Waals surface area (Å²) < 4.78 is 5.03. The standard InChI is InChI=1S/C29H32N2O4/c1-29(2,28(34)35-3)25(20-22-15-9-5-10-16-22)31-27(33)24(19-21-13-7-4-8-14-21)30-26(32)23-17-11-6-12-18-23/h4-18,24-25H,19-20H2,1-3H3,(H,30,32)(H,31,33)/t24-,25-/m0/s1. The lowest BCUT2D eigenvalue weighted by molar-refractivity contribution is -0.152. The van der Waals surface area contributed by atoms with Gasteiger partial charge in [0.2, 0.25) is 5.91 Å². The summed E-state index contributed by atoms with van der Waals surface area (Å²) in [5.41, 5.74) is 1.35. The molecule has 0 saturated carbocycles. The molecule has 3 rings (SSSR count). The summed E-state index contributed by atoms with van der Waals surface area (Å²) in [4.78, 5) is 39.1. The number of methoxy groups -OCH3 is 1. The van der Waals surface area contributed by atoms with E-state index in [2.05, 4.69) is 10.6 Å². The molecule has 0 unspecified atom stereocenters. The van der Waals surface area contributed by atoms with E-state index in [0.717, 1.165) is 11.1 Å². The predicted octanol–water partition coefficient (Wildman–Crippen LogP) is 3.95. The number of benzene rings is 3. The van der Waals surface area contributed by atoms with Gasteiger partial charge in [-0.15, -0.1) is 0 Å². The maximum absolute atomic E-state index is 13.6. The van der Waals surface area contributed by atoms with E-state index in [9.17, 15) is 14.4 Å². The summed E-state index contributed by atoms with van der Waals surface area (Å²) >= 11 is 0. The fourth-order valence-electron chi connectivity index (χ4n) is 3.90. The number of hydrogen-bond acceptors (Lipinski definition) is 4. The summed E-state index contributed by atoms with van der Waals surface area (Å²) in [6.45, 7) is 3.50. The van der Waals surface area contributed by atoms with Crippen LogP contribution in [0.1, 0.15) is 35.3 Å². The van der Waals surface area contributed by atoms with E-state index in [1.807, 2.05) is 66.7 Å². The van der Waals surface area contributed by atoms with E-state index >= 15 is 0 Å². The molecule has 0 aliphatic rings. The third-order valence-electron chi connectivity index (χ3n) is 6.12. The van der Waals surface area contributed by atoms with Gasteiger partial charge in [-0.3, -0.25) is 14.4 Å². The zero-order chi connectivity index (χ0) is 25.3. The Hall–Kier alpha value is -3.93. The van der Waals surface area contributed by atoms with Gasteiger partial charge in [0, 0.05) is 18.0 Å². The van der Waals surface area contributed by atoms with Crippen LogP contribution >= 0.6 is 0 Å². The minimum Gasteiger partial charge on any atom is -0.469 e. The number of ether oxygens (including phenoxy) is 1. The number of carbonyl (C=O) groups is 3. The molecule has 3 aromatic carbocycles. The Morgan fingerprint density at radius 2 is 1.23 bits per heavy atom. The van der Waals surface area contributed by atoms with E-state index in [-0.39, 0.29) is 11.8 Å². The van der Waals surface area contributed by atoms with Crippen molar-refractivity contribution in [3.8, 4) is 0 Å². The molecule has 0 fully saturated rings. The second kappa shape index (κ2) is 12.0. The second-order valence-electron chi connectivity index (χ2n) is 9.05. The van der Waals surface area contributed by atoms with Crippen LogP contribution in [0.3, 0.4) is 0 Å². The molecule has 0 bridgehead atoms. The fraction of sp³-hybridized carbons (Fsp3) is 0.276. The Labute approximate surface area is 206 Å². The van der Waals surface area contributed by atoms with Gasteiger partial charge < -0.3 is 15.4 Å². The molecule has 3 aromatic rings. The van der Waals surface area contributed by atoms with Crippen molar-refractivity contribution in [2.24, 2.45) is 5.41 Å². The van der Waals surface area contributed by atoms with E-state index in [0.29, 0.717) is 18.4 Å². The number of esters is 1. The Morgan fingerprint density at radius 1 is 0.743 bits per heavy atom. The summed E-state index contributed by atoms with van der Waals surface area (Å²) in [5.74, 6) is -1.13. The normalized spacial score (nSPS) is 12.8. The van der Waals surface area contributed by atoms with Crippen molar-refractivity contribution in [3.63, 3.8) is 0 Å². The van der Waals surface area contributed by atoms with Gasteiger partial charge in [-0.1, -0.05) is 78.9 Å². The molecular weight excluding hydrogens is 440 g/mol. The first-order valence-electron chi connectivity index (χ1n) is 11.6. The number of hydrogen-bond donors (Lipinski definition) is 2. The van der Waals surface area contributed by atoms with E-state index in [4.69, 9.17) is 4.74 Å². The summed E-state index contributed by atoms with van der Waals surface area (Å²) in [7, 11) is 1.34. The molecule has 0 aliphatic carbocycles. The van der Waals surface area contributed by atoms with Crippen LogP contribution in [0, 0.1) is 5.41 Å². The van der Waals surface area contributed by atoms with Crippen molar-refractivity contribution in [1.29, 1.82) is 0 Å². The van der Waals surface area contributed by atoms with Crippen LogP contribution in [0.25, 0.3) is 0 Å². The summed E-state index contributed by atoms with van der Waals surface area (Å²) in [5, 5.41) is 5.92. The molecule has 6 heteroatoms. The molecule has 35 heavy (non-hydrogen) atoms. The molecule has 0 heterocycles. The minimum absolute atomic E-state index is 0.307. The quantitative estimate of drug-likeness (QED) is 0.438. The Kier molecular flexibility index (Phi) is 8.79. The highest BCUT2D eigenvalue weighted by atomic mass is 16.5. The van der Waals surface area contributed by atoms with Gasteiger partial charge >= 0.3 is 5.97 Å². The molecule has 0 saturated heterocycles. The monoisotopic (exact) mass is 472 g/mol. The molecule has 0 spiro atoms. The molecule has 0 aromatic heterocycles. The van der Waals surface area contributed by atoms with Gasteiger partial charge in [-0.2, -0.15) is 0 Å². The highest BCUT2D eigenvalue weighted by Crippen LogP contribution is 2.26. The number of amides is 2. The molecule has 2 atom stereocenters. The highest BCUT2D eigenvalue weighted by Gasteiger charge is 2.40. The van der Waals surface area contributed by atoms with Crippen LogP contribution in [0.2, 0.25) is 0 Å². The van der Waals surface area contributed by atoms with Crippen LogP contribution < -0.4 is 10.6 Å². The van der Waals surface area contributed by atoms with Crippen LogP contribution in [0.5, 0.6) is 0 Å². The van der Waals surface area contributed by atoms with Crippen LogP contribution in [-0.4, -0.2) is 37.0 Å². The largest absolute Gasteiger partial charge is 0.469 e. The SMILES string of the molecule is COC(=O)C(C)(C)[C@H](Cc1ccccc1)NC(=O)[C@H](Cc1ccccc1)NC(=O)c1ccccc1. The topological polar surface area (TPSA) is 84.5 Å². The van der Waals surface area contributed by atoms with Crippen molar-refractivity contribution in [2.75, 3.05) is 7.11 Å². The van der Waals surface area contributed by atoms with E-state index in [1.165, 1.54) is 7.11 Å². The first-order chi connectivity index (χ1) is 16.8. The zero-order valence-corrected chi connectivity index (χ0v) is 20.4. The zero-order valence-electron chi connectivity index (χ0n) is 20.4. The molecule has 0 aliphatic heterocycles. The molecule has 6 nitrogen and oxygen atoms in total. The maximum atomic E-state index is 13.6. The third kappa shape index (κ3) is 7.03. The lowest BCUT2D eigenvalue weighted by Crippen LogP contribution is -2.56. The van der Waals surface area contributed by atoms with Gasteiger partial charge in [0.05, 0.1) is 12.5 Å². The fourth-order valence-corrected chi connectivity index (χ4v) is 3.90. The predicted molar refractivity (Wildman–Crippen MR) is 136 cm³/mol. The van der Waals surface area contributed by atoms with Crippen molar-refractivity contribution >= 4 is 17.8 Å². The lowest BCUT2D eigenvalue weighted by atomic mass is 9.80. The Balaban J connectivity index is 1.87. The van der Waals surface area contributed by atoms with Crippen LogP contribution in [0.15, 0.2) is 91.0 Å². The smallest absolute Gasteiger partial charge is 0.313 e. The molecule has 0 radical (unpaired) electrons. The molecular formula is C29H32N2O4. The highest BCUT2D eigenvalue weighted by molar-refractivity contribution is 5.97.